The number of anilines is 1. The first kappa shape index (κ1) is 23.9. The van der Waals surface area contributed by atoms with E-state index in [2.05, 4.69) is 15.5 Å². The highest BCUT2D eigenvalue weighted by Gasteiger charge is 2.27. The molecule has 34 heavy (non-hydrogen) atoms. The van der Waals surface area contributed by atoms with E-state index in [1.807, 2.05) is 30.3 Å². The predicted octanol–water partition coefficient (Wildman–Crippen LogP) is 3.88. The third-order valence-corrected chi connectivity index (χ3v) is 7.59. The van der Waals surface area contributed by atoms with Crippen molar-refractivity contribution in [2.24, 2.45) is 0 Å². The number of hydrogen-bond donors (Lipinski definition) is 1. The molecule has 2 aromatic carbocycles. The van der Waals surface area contributed by atoms with Gasteiger partial charge in [-0.05, 0) is 37.5 Å². The van der Waals surface area contributed by atoms with Crippen LogP contribution in [0.15, 0.2) is 57.9 Å². The molecule has 4 rings (SSSR count). The number of carbonyl (C=O) groups is 1. The van der Waals surface area contributed by atoms with Gasteiger partial charge in [-0.25, -0.2) is 8.42 Å². The van der Waals surface area contributed by atoms with Crippen LogP contribution in [0.1, 0.15) is 38.0 Å². The molecular formula is C24H28N4O5S. The molecule has 10 heteroatoms. The average molecular weight is 485 g/mol. The summed E-state index contributed by atoms with van der Waals surface area (Å²) in [5.74, 6) is 1.11. The molecule has 0 bridgehead atoms. The second-order valence-electron chi connectivity index (χ2n) is 8.11. The largest absolute Gasteiger partial charge is 0.495 e. The zero-order chi connectivity index (χ0) is 24.0. The molecule has 0 unspecified atom stereocenters. The Hall–Kier alpha value is -3.24. The zero-order valence-electron chi connectivity index (χ0n) is 19.1. The van der Waals surface area contributed by atoms with Crippen molar-refractivity contribution in [3.8, 4) is 17.1 Å². The van der Waals surface area contributed by atoms with Crippen LogP contribution in [-0.4, -0.2) is 49.0 Å². The van der Waals surface area contributed by atoms with Crippen LogP contribution < -0.4 is 10.1 Å². The lowest BCUT2D eigenvalue weighted by Gasteiger charge is -2.26. The molecule has 0 aliphatic carbocycles. The van der Waals surface area contributed by atoms with Gasteiger partial charge in [-0.3, -0.25) is 4.79 Å². The molecule has 3 aromatic rings. The zero-order valence-corrected chi connectivity index (χ0v) is 19.9. The van der Waals surface area contributed by atoms with Gasteiger partial charge in [0.2, 0.25) is 27.6 Å². The Labute approximate surface area is 199 Å². The van der Waals surface area contributed by atoms with Gasteiger partial charge < -0.3 is 14.6 Å². The van der Waals surface area contributed by atoms with E-state index in [1.165, 1.54) is 23.5 Å². The Kier molecular flexibility index (Phi) is 7.59. The lowest BCUT2D eigenvalue weighted by molar-refractivity contribution is -0.116. The summed E-state index contributed by atoms with van der Waals surface area (Å²) in [6.07, 6.45) is 3.89. The summed E-state index contributed by atoms with van der Waals surface area (Å²) in [4.78, 5) is 17.1. The number of ether oxygens (including phenoxy) is 1. The van der Waals surface area contributed by atoms with Crippen LogP contribution >= 0.6 is 0 Å². The summed E-state index contributed by atoms with van der Waals surface area (Å²) in [6.45, 7) is 1.02. The van der Waals surface area contributed by atoms with Crippen LogP contribution in [-0.2, 0) is 21.2 Å². The van der Waals surface area contributed by atoms with Crippen LogP contribution in [0.2, 0.25) is 0 Å². The minimum atomic E-state index is -3.62. The number of hydrogen-bond acceptors (Lipinski definition) is 7. The van der Waals surface area contributed by atoms with Crippen molar-refractivity contribution in [1.29, 1.82) is 0 Å². The number of sulfonamides is 1. The second-order valence-corrected chi connectivity index (χ2v) is 10.0. The van der Waals surface area contributed by atoms with E-state index in [1.54, 1.807) is 6.07 Å². The summed E-state index contributed by atoms with van der Waals surface area (Å²) in [5, 5.41) is 6.76. The quantitative estimate of drug-likeness (QED) is 0.490. The van der Waals surface area contributed by atoms with E-state index >= 15 is 0 Å². The van der Waals surface area contributed by atoms with Crippen molar-refractivity contribution in [3.63, 3.8) is 0 Å². The molecule has 9 nitrogen and oxygen atoms in total. The maximum absolute atomic E-state index is 13.0. The highest BCUT2D eigenvalue weighted by atomic mass is 32.2. The maximum atomic E-state index is 13.0. The Bertz CT molecular complexity index is 1220. The number of methoxy groups -OCH3 is 1. The van der Waals surface area contributed by atoms with Gasteiger partial charge in [0.05, 0.1) is 17.7 Å². The molecule has 0 saturated carbocycles. The summed E-state index contributed by atoms with van der Waals surface area (Å²) < 4.78 is 38.1. The van der Waals surface area contributed by atoms with E-state index in [0.29, 0.717) is 49.1 Å². The van der Waals surface area contributed by atoms with Crippen LogP contribution in [0, 0.1) is 0 Å². The molecule has 0 atom stereocenters. The molecule has 2 heterocycles. The molecule has 1 saturated heterocycles. The number of amides is 1. The first-order chi connectivity index (χ1) is 16.5. The molecular weight excluding hydrogens is 456 g/mol. The second kappa shape index (κ2) is 10.8. The third-order valence-electron chi connectivity index (χ3n) is 5.69. The van der Waals surface area contributed by atoms with Crippen molar-refractivity contribution in [1.82, 2.24) is 14.4 Å². The molecule has 1 aliphatic heterocycles. The van der Waals surface area contributed by atoms with E-state index < -0.39 is 10.0 Å². The Morgan fingerprint density at radius 1 is 1.12 bits per heavy atom. The Morgan fingerprint density at radius 2 is 1.88 bits per heavy atom. The number of nitrogens with one attached hydrogen (secondary N) is 1. The van der Waals surface area contributed by atoms with Crippen molar-refractivity contribution in [2.75, 3.05) is 25.5 Å². The maximum Gasteiger partial charge on any atom is 0.243 e. The van der Waals surface area contributed by atoms with Crippen molar-refractivity contribution in [2.45, 2.75) is 43.4 Å². The fourth-order valence-corrected chi connectivity index (χ4v) is 5.42. The van der Waals surface area contributed by atoms with Gasteiger partial charge in [-0.15, -0.1) is 0 Å². The van der Waals surface area contributed by atoms with Gasteiger partial charge in [0.25, 0.3) is 0 Å². The van der Waals surface area contributed by atoms with E-state index in [9.17, 15) is 13.2 Å². The number of piperidine rings is 1. The normalized spacial score (nSPS) is 14.6. The fraction of sp³-hybridized carbons (Fsp3) is 0.375. The number of nitrogens with zero attached hydrogens (tertiary/aromatic N) is 3. The minimum Gasteiger partial charge on any atom is -0.495 e. The van der Waals surface area contributed by atoms with Crippen LogP contribution in [0.5, 0.6) is 5.75 Å². The van der Waals surface area contributed by atoms with Gasteiger partial charge in [-0.1, -0.05) is 41.9 Å². The molecule has 0 spiro atoms. The van der Waals surface area contributed by atoms with Crippen LogP contribution in [0.3, 0.4) is 0 Å². The highest BCUT2D eigenvalue weighted by molar-refractivity contribution is 7.89. The Morgan fingerprint density at radius 3 is 2.62 bits per heavy atom. The molecule has 0 radical (unpaired) electrons. The number of rotatable bonds is 9. The Balaban J connectivity index is 1.37. The highest BCUT2D eigenvalue weighted by Crippen LogP contribution is 2.30. The molecule has 1 N–H and O–H groups in total. The summed E-state index contributed by atoms with van der Waals surface area (Å²) in [5.41, 5.74) is 1.19. The van der Waals surface area contributed by atoms with Gasteiger partial charge in [0.15, 0.2) is 0 Å². The molecule has 1 aliphatic rings. The van der Waals surface area contributed by atoms with E-state index in [4.69, 9.17) is 9.26 Å². The first-order valence-electron chi connectivity index (χ1n) is 11.3. The monoisotopic (exact) mass is 484 g/mol. The van der Waals surface area contributed by atoms with Gasteiger partial charge in [-0.2, -0.15) is 9.29 Å². The first-order valence-corrected chi connectivity index (χ1v) is 12.8. The number of aryl methyl sites for hydroxylation is 1. The number of aromatic nitrogens is 2. The fourth-order valence-electron chi connectivity index (χ4n) is 3.87. The summed E-state index contributed by atoms with van der Waals surface area (Å²) >= 11 is 0. The smallest absolute Gasteiger partial charge is 0.243 e. The lowest BCUT2D eigenvalue weighted by atomic mass is 10.2. The molecule has 1 fully saturated rings. The number of carbonyl (C=O) groups excluding carboxylic acids is 1. The lowest BCUT2D eigenvalue weighted by Crippen LogP contribution is -2.35. The molecule has 1 aromatic heterocycles. The summed E-state index contributed by atoms with van der Waals surface area (Å²) in [6, 6.07) is 14.0. The molecule has 1 amide bonds. The van der Waals surface area contributed by atoms with Crippen LogP contribution in [0.4, 0.5) is 5.69 Å². The van der Waals surface area contributed by atoms with Crippen LogP contribution in [0.25, 0.3) is 11.4 Å². The third kappa shape index (κ3) is 5.63. The standard InChI is InChI=1S/C24H28N4O5S/c1-32-21-14-13-19(34(30,31)28-15-6-3-7-16-28)17-20(21)25-22(29)11-8-12-23-26-24(27-33-23)18-9-4-2-5-10-18/h2,4-5,9-10,13-14,17H,3,6-8,11-12,15-16H2,1H3,(H,25,29). The van der Waals surface area contributed by atoms with Gasteiger partial charge >= 0.3 is 0 Å². The number of benzene rings is 2. The van der Waals surface area contributed by atoms with Gasteiger partial charge in [0.1, 0.15) is 5.75 Å². The van der Waals surface area contributed by atoms with Crippen molar-refractivity contribution < 1.29 is 22.5 Å². The molecule has 180 valence electrons. The SMILES string of the molecule is COc1ccc(S(=O)(=O)N2CCCCC2)cc1NC(=O)CCCc1nc(-c2ccccc2)no1. The van der Waals surface area contributed by atoms with Crippen molar-refractivity contribution in [3.05, 3.63) is 54.4 Å². The minimum absolute atomic E-state index is 0.143. The summed E-state index contributed by atoms with van der Waals surface area (Å²) in [7, 11) is -2.14. The topological polar surface area (TPSA) is 115 Å². The van der Waals surface area contributed by atoms with E-state index in [0.717, 1.165) is 24.8 Å². The van der Waals surface area contributed by atoms with Gasteiger partial charge in [0, 0.05) is 31.5 Å². The predicted molar refractivity (Wildman–Crippen MR) is 127 cm³/mol. The van der Waals surface area contributed by atoms with Crippen molar-refractivity contribution >= 4 is 21.6 Å². The van der Waals surface area contributed by atoms with E-state index in [-0.39, 0.29) is 17.2 Å². The average Bonchev–Trinajstić information content (AvgIpc) is 3.34.